The van der Waals surface area contributed by atoms with E-state index in [9.17, 15) is 9.59 Å². The monoisotopic (exact) mass is 333 g/mol. The third kappa shape index (κ3) is 4.17. The number of piperazine rings is 1. The molecule has 1 aromatic rings. The van der Waals surface area contributed by atoms with Gasteiger partial charge in [-0.25, -0.2) is 0 Å². The zero-order valence-electron chi connectivity index (χ0n) is 13.9. The first-order chi connectivity index (χ1) is 11.6. The lowest BCUT2D eigenvalue weighted by Crippen LogP contribution is -2.49. The zero-order chi connectivity index (χ0) is 16.9. The van der Waals surface area contributed by atoms with E-state index in [0.29, 0.717) is 63.1 Å². The van der Waals surface area contributed by atoms with Gasteiger partial charge in [-0.2, -0.15) is 0 Å². The van der Waals surface area contributed by atoms with Gasteiger partial charge in [0.05, 0.1) is 19.8 Å². The molecule has 2 aliphatic rings. The van der Waals surface area contributed by atoms with E-state index in [1.807, 2.05) is 12.1 Å². The van der Waals surface area contributed by atoms with Crippen molar-refractivity contribution in [3.05, 3.63) is 18.2 Å². The normalized spacial score (nSPS) is 18.0. The maximum atomic E-state index is 12.2. The number of amides is 2. The summed E-state index contributed by atoms with van der Waals surface area (Å²) in [4.78, 5) is 27.4. The smallest absolute Gasteiger partial charge is 0.238 e. The molecule has 1 saturated heterocycles. The Bertz CT molecular complexity index is 612. The number of carbonyl (C=O) groups is 2. The molecule has 7 heteroatoms. The van der Waals surface area contributed by atoms with Crippen LogP contribution >= 0.6 is 0 Å². The summed E-state index contributed by atoms with van der Waals surface area (Å²) in [5, 5.41) is 2.90. The minimum atomic E-state index is -0.0687. The van der Waals surface area contributed by atoms with Crippen molar-refractivity contribution >= 4 is 17.5 Å². The van der Waals surface area contributed by atoms with E-state index in [2.05, 4.69) is 10.2 Å². The van der Waals surface area contributed by atoms with Gasteiger partial charge in [-0.15, -0.1) is 0 Å². The van der Waals surface area contributed by atoms with Crippen molar-refractivity contribution in [1.29, 1.82) is 0 Å². The fraction of sp³-hybridized carbons (Fsp3) is 0.529. The summed E-state index contributed by atoms with van der Waals surface area (Å²) in [6, 6.07) is 5.44. The third-order valence-corrected chi connectivity index (χ3v) is 4.22. The van der Waals surface area contributed by atoms with Gasteiger partial charge in [0, 0.05) is 51.3 Å². The largest absolute Gasteiger partial charge is 0.490 e. The Balaban J connectivity index is 1.52. The molecular weight excluding hydrogens is 310 g/mol. The van der Waals surface area contributed by atoms with Crippen molar-refractivity contribution < 1.29 is 19.1 Å². The van der Waals surface area contributed by atoms with Crippen LogP contribution in [0.3, 0.4) is 0 Å². The molecule has 0 aliphatic carbocycles. The van der Waals surface area contributed by atoms with Crippen LogP contribution in [0.1, 0.15) is 13.3 Å². The average molecular weight is 333 g/mol. The van der Waals surface area contributed by atoms with Crippen molar-refractivity contribution in [1.82, 2.24) is 9.80 Å². The molecule has 3 rings (SSSR count). The topological polar surface area (TPSA) is 71.1 Å². The molecule has 1 fully saturated rings. The molecule has 0 bridgehead atoms. The fourth-order valence-electron chi connectivity index (χ4n) is 2.87. The molecule has 0 radical (unpaired) electrons. The van der Waals surface area contributed by atoms with Crippen LogP contribution in [0.4, 0.5) is 5.69 Å². The molecule has 7 nitrogen and oxygen atoms in total. The van der Waals surface area contributed by atoms with Gasteiger partial charge >= 0.3 is 0 Å². The van der Waals surface area contributed by atoms with Gasteiger partial charge in [-0.3, -0.25) is 14.5 Å². The Hall–Kier alpha value is -2.28. The molecule has 0 spiro atoms. The SMILES string of the molecule is CC(=O)N1CCN(CC(=O)Nc2ccc3c(c2)OCCCO3)CC1. The van der Waals surface area contributed by atoms with Gasteiger partial charge in [-0.1, -0.05) is 0 Å². The minimum Gasteiger partial charge on any atom is -0.490 e. The summed E-state index contributed by atoms with van der Waals surface area (Å²) in [6.07, 6.45) is 0.850. The molecular formula is C17H23N3O4. The summed E-state index contributed by atoms with van der Waals surface area (Å²) < 4.78 is 11.2. The van der Waals surface area contributed by atoms with Gasteiger partial charge in [0.2, 0.25) is 11.8 Å². The molecule has 1 aromatic carbocycles. The zero-order valence-corrected chi connectivity index (χ0v) is 13.9. The van der Waals surface area contributed by atoms with Crippen molar-refractivity contribution in [2.45, 2.75) is 13.3 Å². The van der Waals surface area contributed by atoms with Crippen LogP contribution < -0.4 is 14.8 Å². The first-order valence-electron chi connectivity index (χ1n) is 8.29. The van der Waals surface area contributed by atoms with Gasteiger partial charge in [-0.05, 0) is 12.1 Å². The molecule has 0 aromatic heterocycles. The number of nitrogens with one attached hydrogen (secondary N) is 1. The second-order valence-corrected chi connectivity index (χ2v) is 6.04. The van der Waals surface area contributed by atoms with E-state index < -0.39 is 0 Å². The summed E-state index contributed by atoms with van der Waals surface area (Å²) in [6.45, 7) is 5.93. The van der Waals surface area contributed by atoms with E-state index in [0.717, 1.165) is 6.42 Å². The van der Waals surface area contributed by atoms with Gasteiger partial charge in [0.1, 0.15) is 0 Å². The summed E-state index contributed by atoms with van der Waals surface area (Å²) in [5.74, 6) is 1.40. The molecule has 0 unspecified atom stereocenters. The predicted octanol–water partition coefficient (Wildman–Crippen LogP) is 0.950. The summed E-state index contributed by atoms with van der Waals surface area (Å²) in [7, 11) is 0. The summed E-state index contributed by atoms with van der Waals surface area (Å²) in [5.41, 5.74) is 0.701. The highest BCUT2D eigenvalue weighted by atomic mass is 16.5. The number of anilines is 1. The van der Waals surface area contributed by atoms with Gasteiger partial charge in [0.25, 0.3) is 0 Å². The molecule has 2 aliphatic heterocycles. The van der Waals surface area contributed by atoms with Crippen LogP contribution in [-0.4, -0.2) is 67.6 Å². The molecule has 0 saturated carbocycles. The molecule has 1 N–H and O–H groups in total. The highest BCUT2D eigenvalue weighted by molar-refractivity contribution is 5.92. The Kier molecular flexibility index (Phi) is 5.20. The lowest BCUT2D eigenvalue weighted by atomic mass is 10.2. The number of fused-ring (bicyclic) bond motifs is 1. The van der Waals surface area contributed by atoms with E-state index in [4.69, 9.17) is 9.47 Å². The van der Waals surface area contributed by atoms with Crippen LogP contribution in [0.5, 0.6) is 11.5 Å². The van der Waals surface area contributed by atoms with Crippen molar-refractivity contribution in [3.63, 3.8) is 0 Å². The second kappa shape index (κ2) is 7.53. The second-order valence-electron chi connectivity index (χ2n) is 6.04. The number of ether oxygens (including phenoxy) is 2. The summed E-state index contributed by atoms with van der Waals surface area (Å²) >= 11 is 0. The Morgan fingerprint density at radius 3 is 2.50 bits per heavy atom. The van der Waals surface area contributed by atoms with Crippen LogP contribution in [0.2, 0.25) is 0 Å². The highest BCUT2D eigenvalue weighted by Gasteiger charge is 2.20. The number of benzene rings is 1. The predicted molar refractivity (Wildman–Crippen MR) is 89.4 cm³/mol. The quantitative estimate of drug-likeness (QED) is 0.892. The minimum absolute atomic E-state index is 0.0687. The van der Waals surface area contributed by atoms with Gasteiger partial charge in [0.15, 0.2) is 11.5 Å². The molecule has 2 amide bonds. The number of nitrogens with zero attached hydrogens (tertiary/aromatic N) is 2. The van der Waals surface area contributed by atoms with E-state index >= 15 is 0 Å². The number of hydrogen-bond donors (Lipinski definition) is 1. The van der Waals surface area contributed by atoms with E-state index in [-0.39, 0.29) is 11.8 Å². The molecule has 130 valence electrons. The Morgan fingerprint density at radius 2 is 1.79 bits per heavy atom. The van der Waals surface area contributed by atoms with E-state index in [1.165, 1.54) is 0 Å². The maximum absolute atomic E-state index is 12.2. The Labute approximate surface area is 141 Å². The molecule has 0 atom stereocenters. The number of carbonyl (C=O) groups excluding carboxylic acids is 2. The molecule has 2 heterocycles. The number of hydrogen-bond acceptors (Lipinski definition) is 5. The van der Waals surface area contributed by atoms with Gasteiger partial charge < -0.3 is 19.7 Å². The maximum Gasteiger partial charge on any atom is 0.238 e. The standard InChI is InChI=1S/C17H23N3O4/c1-13(21)20-7-5-19(6-8-20)12-17(22)18-14-3-4-15-16(11-14)24-10-2-9-23-15/h3-4,11H,2,5-10,12H2,1H3,(H,18,22). The lowest BCUT2D eigenvalue weighted by Gasteiger charge is -2.33. The third-order valence-electron chi connectivity index (χ3n) is 4.22. The van der Waals surface area contributed by atoms with Crippen molar-refractivity contribution in [2.75, 3.05) is 51.3 Å². The van der Waals surface area contributed by atoms with Crippen molar-refractivity contribution in [3.8, 4) is 11.5 Å². The van der Waals surface area contributed by atoms with Crippen LogP contribution in [0, 0.1) is 0 Å². The van der Waals surface area contributed by atoms with Crippen molar-refractivity contribution in [2.24, 2.45) is 0 Å². The first kappa shape index (κ1) is 16.6. The van der Waals surface area contributed by atoms with E-state index in [1.54, 1.807) is 17.9 Å². The van der Waals surface area contributed by atoms with Crippen LogP contribution in [0.25, 0.3) is 0 Å². The lowest BCUT2D eigenvalue weighted by molar-refractivity contribution is -0.130. The first-order valence-corrected chi connectivity index (χ1v) is 8.29. The highest BCUT2D eigenvalue weighted by Crippen LogP contribution is 2.32. The average Bonchev–Trinajstić information content (AvgIpc) is 2.80. The molecule has 24 heavy (non-hydrogen) atoms. The fourth-order valence-corrected chi connectivity index (χ4v) is 2.87. The van der Waals surface area contributed by atoms with Crippen LogP contribution in [0.15, 0.2) is 18.2 Å². The Morgan fingerprint density at radius 1 is 1.08 bits per heavy atom. The van der Waals surface area contributed by atoms with Crippen LogP contribution in [-0.2, 0) is 9.59 Å². The number of rotatable bonds is 3.